The smallest absolute Gasteiger partial charge is 0.337 e. The lowest BCUT2D eigenvalue weighted by molar-refractivity contribution is -0.144. The lowest BCUT2D eigenvalue weighted by Gasteiger charge is -2.02. The Kier molecular flexibility index (Phi) is 5.55. The molecule has 0 spiro atoms. The summed E-state index contributed by atoms with van der Waals surface area (Å²) in [6, 6.07) is 0. The monoisotopic (exact) mass is 186 g/mol. The minimum Gasteiger partial charge on any atom is -0.464 e. The van der Waals surface area contributed by atoms with Crippen LogP contribution in [-0.2, 0) is 9.53 Å². The first kappa shape index (κ1) is 10.6. The number of rotatable bonds is 4. The van der Waals surface area contributed by atoms with Crippen molar-refractivity contribution in [1.82, 2.24) is 0 Å². The topological polar surface area (TPSA) is 87.4 Å². The van der Waals surface area contributed by atoms with Gasteiger partial charge >= 0.3 is 5.97 Å². The molecule has 0 saturated heterocycles. The van der Waals surface area contributed by atoms with Crippen LogP contribution in [0.1, 0.15) is 6.92 Å². The Morgan fingerprint density at radius 1 is 1.92 bits per heavy atom. The predicted octanol–water partition coefficient (Wildman–Crippen LogP) is 1.29. The van der Waals surface area contributed by atoms with Gasteiger partial charge in [-0.1, -0.05) is 5.11 Å². The summed E-state index contributed by atoms with van der Waals surface area (Å²) >= 11 is 4.24. The van der Waals surface area contributed by atoms with Crippen molar-refractivity contribution in [3.05, 3.63) is 10.4 Å². The van der Waals surface area contributed by atoms with Crippen LogP contribution in [0.4, 0.5) is 0 Å². The lowest BCUT2D eigenvalue weighted by Crippen LogP contribution is -2.18. The van der Waals surface area contributed by atoms with Crippen molar-refractivity contribution in [2.75, 3.05) is 6.61 Å². The molecule has 0 aromatic rings. The SMILES string of the molecule is CCOC(=O)C(N=C=S)N=[N+]=[N-]. The minimum atomic E-state index is -1.24. The van der Waals surface area contributed by atoms with Gasteiger partial charge < -0.3 is 4.74 Å². The summed E-state index contributed by atoms with van der Waals surface area (Å²) in [5, 5.41) is 4.98. The second-order valence-electron chi connectivity index (χ2n) is 1.55. The van der Waals surface area contributed by atoms with Crippen molar-refractivity contribution < 1.29 is 9.53 Å². The molecule has 12 heavy (non-hydrogen) atoms. The van der Waals surface area contributed by atoms with Gasteiger partial charge in [-0.15, -0.1) is 0 Å². The van der Waals surface area contributed by atoms with Crippen LogP contribution < -0.4 is 0 Å². The molecule has 0 radical (unpaired) electrons. The highest BCUT2D eigenvalue weighted by Gasteiger charge is 2.15. The summed E-state index contributed by atoms with van der Waals surface area (Å²) in [7, 11) is 0. The molecule has 64 valence electrons. The molecule has 0 heterocycles. The minimum absolute atomic E-state index is 0.198. The van der Waals surface area contributed by atoms with E-state index in [2.05, 4.69) is 32.0 Å². The molecule has 6 nitrogen and oxygen atoms in total. The van der Waals surface area contributed by atoms with Crippen molar-refractivity contribution in [3.63, 3.8) is 0 Å². The van der Waals surface area contributed by atoms with E-state index >= 15 is 0 Å². The molecular weight excluding hydrogens is 180 g/mol. The first-order valence-corrected chi connectivity index (χ1v) is 3.45. The zero-order valence-electron chi connectivity index (χ0n) is 6.30. The first-order valence-electron chi connectivity index (χ1n) is 3.04. The molecule has 0 saturated carbocycles. The van der Waals surface area contributed by atoms with Gasteiger partial charge in [-0.2, -0.15) is 0 Å². The average molecular weight is 186 g/mol. The largest absolute Gasteiger partial charge is 0.464 e. The number of thiocarbonyl (C=S) groups is 1. The molecule has 7 heteroatoms. The first-order chi connectivity index (χ1) is 5.76. The quantitative estimate of drug-likeness (QED) is 0.165. The normalized spacial score (nSPS) is 10.4. The molecule has 0 aliphatic heterocycles. The second kappa shape index (κ2) is 6.30. The maximum Gasteiger partial charge on any atom is 0.337 e. The Morgan fingerprint density at radius 2 is 2.58 bits per heavy atom. The third-order valence-corrected chi connectivity index (χ3v) is 0.939. The summed E-state index contributed by atoms with van der Waals surface area (Å²) in [6.45, 7) is 1.83. The molecular formula is C5H6N4O2S. The van der Waals surface area contributed by atoms with Gasteiger partial charge in [-0.3, -0.25) is 0 Å². The summed E-state index contributed by atoms with van der Waals surface area (Å²) < 4.78 is 4.53. The van der Waals surface area contributed by atoms with Crippen LogP contribution in [0, 0.1) is 0 Å². The van der Waals surface area contributed by atoms with Crippen LogP contribution in [-0.4, -0.2) is 23.9 Å². The lowest BCUT2D eigenvalue weighted by atomic mass is 10.5. The number of hydrogen-bond acceptors (Lipinski definition) is 5. The van der Waals surface area contributed by atoms with E-state index in [0.29, 0.717) is 0 Å². The number of hydrogen-bond donors (Lipinski definition) is 0. The van der Waals surface area contributed by atoms with Crippen LogP contribution >= 0.6 is 12.2 Å². The van der Waals surface area contributed by atoms with Crippen molar-refractivity contribution in [2.24, 2.45) is 10.1 Å². The number of carbonyl (C=O) groups excluding carboxylic acids is 1. The number of isothiocyanates is 1. The van der Waals surface area contributed by atoms with E-state index in [1.165, 1.54) is 0 Å². The molecule has 0 aliphatic rings. The maximum absolute atomic E-state index is 10.9. The highest BCUT2D eigenvalue weighted by atomic mass is 32.1. The Hall–Kier alpha value is -1.42. The standard InChI is InChI=1S/C5H6N4O2S/c1-2-11-5(10)4(7-3-12)8-9-6/h4H,2H2,1H3. The molecule has 0 aromatic carbocycles. The molecule has 0 bridgehead atoms. The van der Waals surface area contributed by atoms with E-state index in [-0.39, 0.29) is 6.61 Å². The number of carbonyl (C=O) groups is 1. The summed E-state index contributed by atoms with van der Waals surface area (Å²) in [4.78, 5) is 16.6. The third-order valence-electron chi connectivity index (χ3n) is 0.833. The fourth-order valence-corrected chi connectivity index (χ4v) is 0.541. The average Bonchev–Trinajstić information content (AvgIpc) is 2.04. The molecule has 0 aromatic heterocycles. The summed E-state index contributed by atoms with van der Waals surface area (Å²) in [6.07, 6.45) is -1.24. The Morgan fingerprint density at radius 3 is 3.00 bits per heavy atom. The fourth-order valence-electron chi connectivity index (χ4n) is 0.441. The number of ether oxygens (including phenoxy) is 1. The van der Waals surface area contributed by atoms with E-state index in [9.17, 15) is 4.79 Å². The van der Waals surface area contributed by atoms with Gasteiger partial charge in [0.05, 0.1) is 11.8 Å². The van der Waals surface area contributed by atoms with Gasteiger partial charge in [-0.25, -0.2) is 9.79 Å². The number of azide groups is 1. The number of esters is 1. The van der Waals surface area contributed by atoms with E-state index < -0.39 is 12.1 Å². The predicted molar refractivity (Wildman–Crippen MR) is 44.6 cm³/mol. The Balaban J connectivity index is 4.38. The summed E-state index contributed by atoms with van der Waals surface area (Å²) in [5.41, 5.74) is 8.01. The highest BCUT2D eigenvalue weighted by molar-refractivity contribution is 7.78. The van der Waals surface area contributed by atoms with Crippen LogP contribution in [0.5, 0.6) is 0 Å². The van der Waals surface area contributed by atoms with Crippen molar-refractivity contribution in [3.8, 4) is 0 Å². The molecule has 0 fully saturated rings. The van der Waals surface area contributed by atoms with Gasteiger partial charge in [0.1, 0.15) is 0 Å². The molecule has 0 N–H and O–H groups in total. The molecule has 1 atom stereocenters. The van der Waals surface area contributed by atoms with E-state index in [1.54, 1.807) is 6.92 Å². The van der Waals surface area contributed by atoms with Crippen LogP contribution in [0.3, 0.4) is 0 Å². The van der Waals surface area contributed by atoms with Crippen molar-refractivity contribution >= 4 is 23.3 Å². The molecule has 0 amide bonds. The number of nitrogens with zero attached hydrogens (tertiary/aromatic N) is 4. The summed E-state index contributed by atoms with van der Waals surface area (Å²) in [5.74, 6) is -0.729. The van der Waals surface area contributed by atoms with Gasteiger partial charge in [0.2, 0.25) is 6.17 Å². The Bertz CT molecular complexity index is 236. The van der Waals surface area contributed by atoms with Gasteiger partial charge in [0.15, 0.2) is 0 Å². The highest BCUT2D eigenvalue weighted by Crippen LogP contribution is 1.96. The third kappa shape index (κ3) is 3.68. The van der Waals surface area contributed by atoms with Crippen LogP contribution in [0.15, 0.2) is 10.1 Å². The van der Waals surface area contributed by atoms with Gasteiger partial charge in [-0.05, 0) is 24.7 Å². The zero-order valence-corrected chi connectivity index (χ0v) is 7.11. The van der Waals surface area contributed by atoms with Crippen molar-refractivity contribution in [1.29, 1.82) is 0 Å². The van der Waals surface area contributed by atoms with Crippen LogP contribution in [0.25, 0.3) is 10.4 Å². The van der Waals surface area contributed by atoms with E-state index in [0.717, 1.165) is 0 Å². The maximum atomic E-state index is 10.9. The van der Waals surface area contributed by atoms with Crippen LogP contribution in [0.2, 0.25) is 0 Å². The molecule has 0 rings (SSSR count). The fraction of sp³-hybridized carbons (Fsp3) is 0.600. The van der Waals surface area contributed by atoms with Gasteiger partial charge in [0, 0.05) is 4.91 Å². The van der Waals surface area contributed by atoms with Gasteiger partial charge in [0.25, 0.3) is 0 Å². The van der Waals surface area contributed by atoms with Crippen molar-refractivity contribution in [2.45, 2.75) is 13.1 Å². The van der Waals surface area contributed by atoms with E-state index in [1.807, 2.05) is 5.16 Å². The second-order valence-corrected chi connectivity index (χ2v) is 1.73. The Labute approximate surface area is 73.9 Å². The zero-order chi connectivity index (χ0) is 9.40. The molecule has 1 unspecified atom stereocenters. The van der Waals surface area contributed by atoms with E-state index in [4.69, 9.17) is 5.53 Å². The molecule has 0 aliphatic carbocycles. The number of aliphatic imine (C=N–C) groups is 1.